The molecule has 0 spiro atoms. The van der Waals surface area contributed by atoms with Crippen LogP contribution < -0.4 is 11.5 Å². The number of carbonyl (C=O) groups excluding carboxylic acids is 2. The Bertz CT molecular complexity index is 369. The molecule has 0 bridgehead atoms. The van der Waals surface area contributed by atoms with E-state index in [2.05, 4.69) is 0 Å². The van der Waals surface area contributed by atoms with Crippen LogP contribution >= 0.6 is 0 Å². The molecular weight excluding hydrogens is 312 g/mol. The molecule has 0 saturated carbocycles. The van der Waals surface area contributed by atoms with E-state index in [0.717, 1.165) is 12.6 Å². The number of ether oxygens (including phenoxy) is 1. The first-order valence-electron chi connectivity index (χ1n) is 6.82. The lowest BCUT2D eigenvalue weighted by Crippen LogP contribution is -2.66. The number of aliphatic carboxylic acids is 1. The summed E-state index contributed by atoms with van der Waals surface area (Å²) < 4.78 is 4.93. The first-order valence-corrected chi connectivity index (χ1v) is 6.82. The van der Waals surface area contributed by atoms with Gasteiger partial charge in [0, 0.05) is 6.42 Å². The Hall–Kier alpha value is -1.43. The van der Waals surface area contributed by atoms with Crippen molar-refractivity contribution in [3.63, 3.8) is 0 Å². The van der Waals surface area contributed by atoms with Crippen LogP contribution in [0.15, 0.2) is 0 Å². The maximum Gasteiger partial charge on any atom is 0.364 e. The van der Waals surface area contributed by atoms with Gasteiger partial charge in [0.05, 0.1) is 30.4 Å². The number of carboxylic acid groups (broad SMARTS) is 1. The van der Waals surface area contributed by atoms with Crippen molar-refractivity contribution in [2.24, 2.45) is 11.5 Å². The minimum absolute atomic E-state index is 0.549. The first kappa shape index (κ1) is 23.8. The number of nitrogens with two attached hydrogens (primary N) is 2. The van der Waals surface area contributed by atoms with Crippen molar-refractivity contribution in [2.75, 3.05) is 0 Å². The predicted molar refractivity (Wildman–Crippen MR) is 79.2 cm³/mol. The quantitative estimate of drug-likeness (QED) is 0.296. The Balaban J connectivity index is 0. The van der Waals surface area contributed by atoms with E-state index in [1.807, 2.05) is 0 Å². The van der Waals surface area contributed by atoms with Gasteiger partial charge in [-0.25, -0.2) is 4.79 Å². The minimum Gasteiger partial charge on any atom is -0.477 e. The third kappa shape index (κ3) is 7.59. The largest absolute Gasteiger partial charge is 0.477 e. The molecule has 1 aliphatic heterocycles. The van der Waals surface area contributed by atoms with E-state index < -0.39 is 48.6 Å². The highest BCUT2D eigenvalue weighted by Crippen LogP contribution is 2.28. The van der Waals surface area contributed by atoms with Gasteiger partial charge in [0.25, 0.3) is 5.79 Å². The summed E-state index contributed by atoms with van der Waals surface area (Å²) in [5.74, 6) is -4.17. The number of rotatable bonds is 3. The summed E-state index contributed by atoms with van der Waals surface area (Å²) in [6.45, 7) is 4.27. The summed E-state index contributed by atoms with van der Waals surface area (Å²) in [6, 6.07) is -1.98. The Morgan fingerprint density at radius 2 is 1.74 bits per heavy atom. The fourth-order valence-electron chi connectivity index (χ4n) is 1.74. The van der Waals surface area contributed by atoms with Crippen molar-refractivity contribution in [3.8, 4) is 0 Å². The van der Waals surface area contributed by atoms with E-state index in [4.69, 9.17) is 30.9 Å². The zero-order valence-electron chi connectivity index (χ0n) is 13.3. The molecule has 0 radical (unpaired) electrons. The van der Waals surface area contributed by atoms with E-state index >= 15 is 0 Å². The van der Waals surface area contributed by atoms with Crippen molar-refractivity contribution in [2.45, 2.75) is 63.4 Å². The smallest absolute Gasteiger partial charge is 0.364 e. The first-order chi connectivity index (χ1) is 10.5. The van der Waals surface area contributed by atoms with Crippen molar-refractivity contribution in [3.05, 3.63) is 0 Å². The number of hydrogen-bond donors (Lipinski definition) is 6. The summed E-state index contributed by atoms with van der Waals surface area (Å²) in [4.78, 5) is 28.4. The molecule has 1 aliphatic rings. The van der Waals surface area contributed by atoms with Gasteiger partial charge in [-0.05, 0) is 20.8 Å². The maximum atomic E-state index is 10.8. The lowest BCUT2D eigenvalue weighted by atomic mass is 9.89. The fraction of sp³-hybridized carbons (Fsp3) is 0.769. The SMILES string of the molecule is CC=O.CC=O.C[C@H](O)[C@H](N)[C@@H]1O[C@](O)(C(=O)O)C[C@H](O)[C@@H]1N. The molecule has 10 nitrogen and oxygen atoms in total. The lowest BCUT2D eigenvalue weighted by molar-refractivity contribution is -0.279. The Kier molecular flexibility index (Phi) is 11.6. The Labute approximate surface area is 134 Å². The lowest BCUT2D eigenvalue weighted by Gasteiger charge is -2.43. The normalized spacial score (nSPS) is 32.1. The van der Waals surface area contributed by atoms with Gasteiger partial charge in [0.2, 0.25) is 0 Å². The zero-order chi connectivity index (χ0) is 18.8. The molecule has 23 heavy (non-hydrogen) atoms. The molecular formula is C13H26N2O8. The molecule has 0 aromatic heterocycles. The van der Waals surface area contributed by atoms with Gasteiger partial charge < -0.3 is 46.2 Å². The van der Waals surface area contributed by atoms with Gasteiger partial charge in [-0.2, -0.15) is 0 Å². The highest BCUT2D eigenvalue weighted by Gasteiger charge is 2.51. The van der Waals surface area contributed by atoms with Crippen LogP contribution in [0.2, 0.25) is 0 Å². The number of carbonyl (C=O) groups is 3. The van der Waals surface area contributed by atoms with Crippen molar-refractivity contribution < 1.29 is 39.5 Å². The number of aliphatic hydroxyl groups excluding tert-OH is 2. The molecule has 0 amide bonds. The van der Waals surface area contributed by atoms with Crippen LogP contribution in [0.1, 0.15) is 27.2 Å². The van der Waals surface area contributed by atoms with Gasteiger partial charge in [0.15, 0.2) is 0 Å². The average Bonchev–Trinajstić information content (AvgIpc) is 2.43. The van der Waals surface area contributed by atoms with Crippen molar-refractivity contribution in [1.82, 2.24) is 0 Å². The molecule has 1 rings (SSSR count). The second-order valence-electron chi connectivity index (χ2n) is 4.81. The maximum absolute atomic E-state index is 10.8. The highest BCUT2D eigenvalue weighted by atomic mass is 16.7. The standard InChI is InChI=1S/C9H18N2O6.2C2H4O/c1-3(12)5(10)7-6(11)4(13)2-9(16,17-7)8(14)15;2*1-2-3/h3-7,12-13,16H,2,10-11H2,1H3,(H,14,15);2*2H,1H3/t3-,4-,5-,6-,7-,9-;;/m0../s1. The highest BCUT2D eigenvalue weighted by molar-refractivity contribution is 5.75. The van der Waals surface area contributed by atoms with E-state index in [0.29, 0.717) is 0 Å². The number of carboxylic acids is 1. The van der Waals surface area contributed by atoms with Gasteiger partial charge in [-0.15, -0.1) is 0 Å². The van der Waals surface area contributed by atoms with Crippen LogP contribution in [0.25, 0.3) is 0 Å². The third-order valence-corrected chi connectivity index (χ3v) is 2.91. The molecule has 0 aliphatic carbocycles. The third-order valence-electron chi connectivity index (χ3n) is 2.91. The van der Waals surface area contributed by atoms with Crippen LogP contribution in [0, 0.1) is 0 Å². The van der Waals surface area contributed by atoms with Crippen molar-refractivity contribution in [1.29, 1.82) is 0 Å². The van der Waals surface area contributed by atoms with Gasteiger partial charge in [-0.3, -0.25) is 0 Å². The molecule has 136 valence electrons. The minimum atomic E-state index is -2.54. The topological polar surface area (TPSA) is 193 Å². The van der Waals surface area contributed by atoms with Crippen LogP contribution in [-0.4, -0.2) is 75.2 Å². The molecule has 6 atom stereocenters. The number of aliphatic hydroxyl groups is 3. The van der Waals surface area contributed by atoms with E-state index in [9.17, 15) is 20.1 Å². The van der Waals surface area contributed by atoms with E-state index in [1.165, 1.54) is 20.8 Å². The van der Waals surface area contributed by atoms with E-state index in [-0.39, 0.29) is 0 Å². The van der Waals surface area contributed by atoms with E-state index in [1.54, 1.807) is 0 Å². The number of hydrogen-bond acceptors (Lipinski definition) is 9. The van der Waals surface area contributed by atoms with Crippen LogP contribution in [-0.2, 0) is 19.1 Å². The van der Waals surface area contributed by atoms with Crippen molar-refractivity contribution >= 4 is 18.5 Å². The molecule has 1 fully saturated rings. The van der Waals surface area contributed by atoms with Crippen LogP contribution in [0.3, 0.4) is 0 Å². The van der Waals surface area contributed by atoms with Gasteiger partial charge in [-0.1, -0.05) is 0 Å². The predicted octanol–water partition coefficient (Wildman–Crippen LogP) is -2.64. The summed E-state index contributed by atoms with van der Waals surface area (Å²) in [6.07, 6.45) is -2.50. The summed E-state index contributed by atoms with van der Waals surface area (Å²) in [5.41, 5.74) is 11.2. The molecule has 10 heteroatoms. The summed E-state index contributed by atoms with van der Waals surface area (Å²) >= 11 is 0. The second-order valence-corrected chi connectivity index (χ2v) is 4.81. The van der Waals surface area contributed by atoms with Crippen LogP contribution in [0.4, 0.5) is 0 Å². The monoisotopic (exact) mass is 338 g/mol. The summed E-state index contributed by atoms with van der Waals surface area (Å²) in [7, 11) is 0. The molecule has 0 aromatic rings. The Morgan fingerprint density at radius 3 is 2.04 bits per heavy atom. The average molecular weight is 338 g/mol. The van der Waals surface area contributed by atoms with Crippen LogP contribution in [0.5, 0.6) is 0 Å². The van der Waals surface area contributed by atoms with Gasteiger partial charge >= 0.3 is 5.97 Å². The number of aldehydes is 2. The molecule has 0 aromatic carbocycles. The molecule has 1 heterocycles. The molecule has 0 unspecified atom stereocenters. The van der Waals surface area contributed by atoms with Gasteiger partial charge in [0.1, 0.15) is 12.6 Å². The second kappa shape index (κ2) is 11.2. The molecule has 8 N–H and O–H groups in total. The Morgan fingerprint density at radius 1 is 1.35 bits per heavy atom. The zero-order valence-corrected chi connectivity index (χ0v) is 13.3. The molecule has 1 saturated heterocycles. The fourth-order valence-corrected chi connectivity index (χ4v) is 1.74. The summed E-state index contributed by atoms with van der Waals surface area (Å²) in [5, 5.41) is 37.4.